The van der Waals surface area contributed by atoms with Crippen molar-refractivity contribution in [3.63, 3.8) is 0 Å². The van der Waals surface area contributed by atoms with Crippen LogP contribution in [0.15, 0.2) is 0 Å². The molecular formula is C4H11ClMgO. The van der Waals surface area contributed by atoms with Gasteiger partial charge in [0.05, 0.1) is 18.5 Å². The smallest absolute Gasteiger partial charge is 1.00 e. The van der Waals surface area contributed by atoms with Gasteiger partial charge >= 0.3 is 23.1 Å². The van der Waals surface area contributed by atoms with Gasteiger partial charge in [-0.05, 0) is 6.42 Å². The van der Waals surface area contributed by atoms with Gasteiger partial charge in [0.2, 0.25) is 0 Å². The van der Waals surface area contributed by atoms with Crippen LogP contribution in [0.5, 0.6) is 0 Å². The van der Waals surface area contributed by atoms with Crippen molar-refractivity contribution in [3.05, 3.63) is 0 Å². The van der Waals surface area contributed by atoms with Gasteiger partial charge in [-0.1, -0.05) is 13.3 Å². The summed E-state index contributed by atoms with van der Waals surface area (Å²) >= 11 is 4.88. The molecule has 0 aromatic heterocycles. The van der Waals surface area contributed by atoms with Gasteiger partial charge in [0.1, 0.15) is 0 Å². The standard InChI is InChI=1S/C4H9ClO.Mg.2H/c1-2-3-4-6-5;;;/h2-4H2,1H3;;;/q;+2;2*-1. The van der Waals surface area contributed by atoms with Crippen LogP contribution in [0, 0.1) is 0 Å². The van der Waals surface area contributed by atoms with Gasteiger partial charge in [0.15, 0.2) is 0 Å². The number of halogens is 1. The fraction of sp³-hybridized carbons (Fsp3) is 1.00. The van der Waals surface area contributed by atoms with E-state index < -0.39 is 0 Å². The number of rotatable bonds is 3. The molecule has 0 radical (unpaired) electrons. The fourth-order valence-corrected chi connectivity index (χ4v) is 0.308. The van der Waals surface area contributed by atoms with E-state index in [9.17, 15) is 0 Å². The van der Waals surface area contributed by atoms with Crippen LogP contribution in [-0.4, -0.2) is 29.7 Å². The maximum Gasteiger partial charge on any atom is 2.00 e. The molecule has 0 saturated heterocycles. The number of hydrogen-bond donors (Lipinski definition) is 0. The van der Waals surface area contributed by atoms with Crippen LogP contribution in [0.1, 0.15) is 22.6 Å². The van der Waals surface area contributed by atoms with Crippen molar-refractivity contribution >= 4 is 34.9 Å². The van der Waals surface area contributed by atoms with E-state index in [0.29, 0.717) is 6.61 Å². The molecule has 3 heteroatoms. The van der Waals surface area contributed by atoms with Crippen LogP contribution in [-0.2, 0) is 4.29 Å². The van der Waals surface area contributed by atoms with Gasteiger partial charge in [0, 0.05) is 0 Å². The van der Waals surface area contributed by atoms with Crippen LogP contribution in [0.3, 0.4) is 0 Å². The summed E-state index contributed by atoms with van der Waals surface area (Å²) in [5, 5.41) is 0. The third-order valence-corrected chi connectivity index (χ3v) is 0.729. The molecule has 0 amide bonds. The van der Waals surface area contributed by atoms with Crippen molar-refractivity contribution in [2.24, 2.45) is 0 Å². The Morgan fingerprint density at radius 3 is 2.43 bits per heavy atom. The van der Waals surface area contributed by atoms with E-state index in [4.69, 9.17) is 11.9 Å². The first-order valence-electron chi connectivity index (χ1n) is 2.15. The molecule has 0 bridgehead atoms. The Labute approximate surface area is 68.7 Å². The molecule has 0 aromatic carbocycles. The van der Waals surface area contributed by atoms with Crippen molar-refractivity contribution in [3.8, 4) is 0 Å². The van der Waals surface area contributed by atoms with Crippen LogP contribution in [0.2, 0.25) is 0 Å². The van der Waals surface area contributed by atoms with Crippen molar-refractivity contribution in [2.45, 2.75) is 19.8 Å². The summed E-state index contributed by atoms with van der Waals surface area (Å²) in [5.41, 5.74) is 0. The summed E-state index contributed by atoms with van der Waals surface area (Å²) in [6, 6.07) is 0. The molecule has 0 N–H and O–H groups in total. The molecule has 0 spiro atoms. The summed E-state index contributed by atoms with van der Waals surface area (Å²) in [7, 11) is 0. The quantitative estimate of drug-likeness (QED) is 0.423. The monoisotopic (exact) mass is 134 g/mol. The zero-order valence-corrected chi connectivity index (χ0v) is 6.78. The Morgan fingerprint density at radius 2 is 2.29 bits per heavy atom. The zero-order valence-electron chi connectivity index (χ0n) is 6.61. The minimum Gasteiger partial charge on any atom is -1.00 e. The Hall–Kier alpha value is 1.02. The third-order valence-electron chi connectivity index (χ3n) is 0.575. The van der Waals surface area contributed by atoms with E-state index in [-0.39, 0.29) is 25.9 Å². The average Bonchev–Trinajstić information content (AvgIpc) is 1.61. The summed E-state index contributed by atoms with van der Waals surface area (Å²) < 4.78 is 4.25. The van der Waals surface area contributed by atoms with Crippen LogP contribution in [0.25, 0.3) is 0 Å². The van der Waals surface area contributed by atoms with Gasteiger partial charge in [-0.2, -0.15) is 0 Å². The second-order valence-corrected chi connectivity index (χ2v) is 1.39. The first-order chi connectivity index (χ1) is 2.91. The topological polar surface area (TPSA) is 9.23 Å². The van der Waals surface area contributed by atoms with Crippen molar-refractivity contribution in [2.75, 3.05) is 6.61 Å². The molecule has 1 nitrogen and oxygen atoms in total. The normalized spacial score (nSPS) is 7.71. The zero-order chi connectivity index (χ0) is 4.83. The molecule has 0 heterocycles. The second-order valence-electron chi connectivity index (χ2n) is 1.17. The summed E-state index contributed by atoms with van der Waals surface area (Å²) in [5.74, 6) is 0. The van der Waals surface area contributed by atoms with Gasteiger partial charge in [-0.15, -0.1) is 0 Å². The van der Waals surface area contributed by atoms with Gasteiger partial charge in [-0.3, -0.25) is 4.29 Å². The minimum atomic E-state index is 0. The molecule has 0 aromatic rings. The molecule has 0 saturated carbocycles. The molecule has 42 valence electrons. The van der Waals surface area contributed by atoms with Gasteiger partial charge < -0.3 is 2.85 Å². The van der Waals surface area contributed by atoms with Crippen LogP contribution < -0.4 is 0 Å². The van der Waals surface area contributed by atoms with E-state index in [0.717, 1.165) is 12.8 Å². The predicted octanol–water partition coefficient (Wildman–Crippen LogP) is 1.80. The van der Waals surface area contributed by atoms with Crippen molar-refractivity contribution < 1.29 is 7.14 Å². The first kappa shape index (κ1) is 10.9. The fourth-order valence-electron chi connectivity index (χ4n) is 0.199. The van der Waals surface area contributed by atoms with E-state index in [2.05, 4.69) is 11.2 Å². The number of unbranched alkanes of at least 4 members (excludes halogenated alkanes) is 1. The van der Waals surface area contributed by atoms with Gasteiger partial charge in [0.25, 0.3) is 0 Å². The Balaban J connectivity index is -0.0000000417. The Bertz CT molecular complexity index is 30.5. The van der Waals surface area contributed by atoms with Crippen molar-refractivity contribution in [1.82, 2.24) is 0 Å². The molecular weight excluding hydrogens is 124 g/mol. The van der Waals surface area contributed by atoms with Crippen LogP contribution >= 0.6 is 11.9 Å². The summed E-state index contributed by atoms with van der Waals surface area (Å²) in [6.07, 6.45) is 2.20. The Kier molecular flexibility index (Phi) is 15.7. The number of hydrogen-bond acceptors (Lipinski definition) is 1. The minimum absolute atomic E-state index is 0. The van der Waals surface area contributed by atoms with Gasteiger partial charge in [-0.25, -0.2) is 0 Å². The maximum absolute atomic E-state index is 4.88. The second kappa shape index (κ2) is 10.1. The largest absolute Gasteiger partial charge is 2.00 e. The molecule has 0 aliphatic heterocycles. The average molecular weight is 135 g/mol. The van der Waals surface area contributed by atoms with Crippen molar-refractivity contribution in [1.29, 1.82) is 0 Å². The van der Waals surface area contributed by atoms with Crippen LogP contribution in [0.4, 0.5) is 0 Å². The maximum atomic E-state index is 4.88. The third kappa shape index (κ3) is 10.9. The molecule has 0 aliphatic carbocycles. The molecule has 0 unspecified atom stereocenters. The Morgan fingerprint density at radius 1 is 1.71 bits per heavy atom. The van der Waals surface area contributed by atoms with E-state index in [1.54, 1.807) is 0 Å². The summed E-state index contributed by atoms with van der Waals surface area (Å²) in [6.45, 7) is 2.77. The SMILES string of the molecule is CCCCOCl.[H-].[H-].[Mg+2]. The molecule has 7 heavy (non-hydrogen) atoms. The first-order valence-corrected chi connectivity index (χ1v) is 2.46. The molecule has 0 aliphatic rings. The predicted molar refractivity (Wildman–Crippen MR) is 34.7 cm³/mol. The molecule has 0 fully saturated rings. The summed E-state index contributed by atoms with van der Waals surface area (Å²) in [4.78, 5) is 0. The van der Waals surface area contributed by atoms with E-state index in [1.165, 1.54) is 0 Å². The van der Waals surface area contributed by atoms with E-state index >= 15 is 0 Å². The van der Waals surface area contributed by atoms with E-state index in [1.807, 2.05) is 0 Å². The molecule has 0 rings (SSSR count). The molecule has 0 atom stereocenters.